The van der Waals surface area contributed by atoms with Gasteiger partial charge in [0.1, 0.15) is 5.82 Å². The number of benzene rings is 1. The molecule has 3 aromatic rings. The third kappa shape index (κ3) is 2.80. The van der Waals surface area contributed by atoms with Crippen LogP contribution in [-0.4, -0.2) is 32.6 Å². The fourth-order valence-corrected chi connectivity index (χ4v) is 2.33. The van der Waals surface area contributed by atoms with Crippen molar-refractivity contribution >= 4 is 17.3 Å². The minimum absolute atomic E-state index is 0.0379. The van der Waals surface area contributed by atoms with Crippen molar-refractivity contribution in [3.05, 3.63) is 54.5 Å². The molecular weight excluding hydrogens is 266 g/mol. The van der Waals surface area contributed by atoms with Crippen LogP contribution in [0.4, 0.5) is 11.6 Å². The van der Waals surface area contributed by atoms with Crippen LogP contribution in [0.25, 0.3) is 5.65 Å². The molecule has 0 radical (unpaired) electrons. The number of hydrogen-bond donors (Lipinski definition) is 2. The van der Waals surface area contributed by atoms with Crippen molar-refractivity contribution in [2.45, 2.75) is 6.54 Å². The highest BCUT2D eigenvalue weighted by atomic mass is 16.3. The highest BCUT2D eigenvalue weighted by molar-refractivity contribution is 5.66. The lowest BCUT2D eigenvalue weighted by Gasteiger charge is -2.23. The second-order valence-corrected chi connectivity index (χ2v) is 4.78. The molecule has 1 aromatic carbocycles. The maximum Gasteiger partial charge on any atom is 0.180 e. The second kappa shape index (κ2) is 5.80. The monoisotopic (exact) mass is 283 g/mol. The molecule has 21 heavy (non-hydrogen) atoms. The summed E-state index contributed by atoms with van der Waals surface area (Å²) in [5.41, 5.74) is 7.73. The van der Waals surface area contributed by atoms with Crippen molar-refractivity contribution in [2.24, 2.45) is 0 Å². The molecule has 0 saturated carbocycles. The molecule has 2 aromatic heterocycles. The molecular formula is C15H17N5O. The van der Waals surface area contributed by atoms with Gasteiger partial charge in [-0.05, 0) is 5.56 Å². The number of fused-ring (bicyclic) bond motifs is 1. The van der Waals surface area contributed by atoms with Gasteiger partial charge >= 0.3 is 0 Å². The van der Waals surface area contributed by atoms with Crippen LogP contribution >= 0.6 is 0 Å². The average Bonchev–Trinajstić information content (AvgIpc) is 2.95. The van der Waals surface area contributed by atoms with E-state index in [0.29, 0.717) is 24.7 Å². The maximum atomic E-state index is 9.34. The SMILES string of the molecule is Nc1cn2ccnc2c(N(CCO)Cc2ccccc2)n1. The van der Waals surface area contributed by atoms with E-state index in [0.717, 1.165) is 11.2 Å². The first-order valence-electron chi connectivity index (χ1n) is 6.77. The number of imidazole rings is 1. The van der Waals surface area contributed by atoms with Gasteiger partial charge in [0.25, 0.3) is 0 Å². The van der Waals surface area contributed by atoms with Gasteiger partial charge in [-0.3, -0.25) is 0 Å². The van der Waals surface area contributed by atoms with Crippen LogP contribution in [0.5, 0.6) is 0 Å². The van der Waals surface area contributed by atoms with Crippen molar-refractivity contribution in [1.29, 1.82) is 0 Å². The Morgan fingerprint density at radius 3 is 2.81 bits per heavy atom. The summed E-state index contributed by atoms with van der Waals surface area (Å²) in [5.74, 6) is 1.10. The molecule has 0 amide bonds. The highest BCUT2D eigenvalue weighted by Crippen LogP contribution is 2.21. The number of aliphatic hydroxyl groups excluding tert-OH is 1. The third-order valence-corrected chi connectivity index (χ3v) is 3.26. The predicted octanol–water partition coefficient (Wildman–Crippen LogP) is 1.31. The van der Waals surface area contributed by atoms with Crippen LogP contribution < -0.4 is 10.6 Å². The Morgan fingerprint density at radius 2 is 2.05 bits per heavy atom. The van der Waals surface area contributed by atoms with Gasteiger partial charge in [0.15, 0.2) is 11.5 Å². The zero-order chi connectivity index (χ0) is 14.7. The van der Waals surface area contributed by atoms with Crippen LogP contribution in [0.3, 0.4) is 0 Å². The fourth-order valence-electron chi connectivity index (χ4n) is 2.33. The molecule has 3 N–H and O–H groups in total. The summed E-state index contributed by atoms with van der Waals surface area (Å²) in [5, 5.41) is 9.34. The molecule has 0 atom stereocenters. The van der Waals surface area contributed by atoms with E-state index in [1.54, 1.807) is 12.4 Å². The predicted molar refractivity (Wildman–Crippen MR) is 82.0 cm³/mol. The Hall–Kier alpha value is -2.60. The normalized spacial score (nSPS) is 10.9. The first kappa shape index (κ1) is 13.4. The molecule has 3 rings (SSSR count). The number of rotatable bonds is 5. The van der Waals surface area contributed by atoms with Crippen molar-refractivity contribution < 1.29 is 5.11 Å². The Balaban J connectivity index is 2.00. The minimum atomic E-state index is 0.0379. The van der Waals surface area contributed by atoms with Gasteiger partial charge in [0, 0.05) is 25.5 Å². The second-order valence-electron chi connectivity index (χ2n) is 4.78. The smallest absolute Gasteiger partial charge is 0.180 e. The van der Waals surface area contributed by atoms with E-state index in [4.69, 9.17) is 5.73 Å². The molecule has 6 heteroatoms. The van der Waals surface area contributed by atoms with E-state index in [1.165, 1.54) is 0 Å². The van der Waals surface area contributed by atoms with Crippen molar-refractivity contribution in [1.82, 2.24) is 14.4 Å². The van der Waals surface area contributed by atoms with Crippen molar-refractivity contribution in [3.63, 3.8) is 0 Å². The Bertz CT molecular complexity index is 725. The van der Waals surface area contributed by atoms with Crippen molar-refractivity contribution in [2.75, 3.05) is 23.8 Å². The van der Waals surface area contributed by atoms with E-state index in [1.807, 2.05) is 45.8 Å². The number of nitrogens with two attached hydrogens (primary N) is 1. The van der Waals surface area contributed by atoms with Gasteiger partial charge < -0.3 is 20.1 Å². The molecule has 0 saturated heterocycles. The summed E-state index contributed by atoms with van der Waals surface area (Å²) in [7, 11) is 0. The summed E-state index contributed by atoms with van der Waals surface area (Å²) in [4.78, 5) is 10.7. The quantitative estimate of drug-likeness (QED) is 0.738. The lowest BCUT2D eigenvalue weighted by Crippen LogP contribution is -2.28. The standard InChI is InChI=1S/C15H17N5O/c16-13-11-19-7-6-17-14(19)15(18-13)20(8-9-21)10-12-4-2-1-3-5-12/h1-7,11,21H,8-10,16H2. The van der Waals surface area contributed by atoms with Gasteiger partial charge in [-0.25, -0.2) is 9.97 Å². The molecule has 0 unspecified atom stereocenters. The van der Waals surface area contributed by atoms with Crippen LogP contribution in [0.15, 0.2) is 48.9 Å². The third-order valence-electron chi connectivity index (χ3n) is 3.26. The van der Waals surface area contributed by atoms with E-state index >= 15 is 0 Å². The summed E-state index contributed by atoms with van der Waals surface area (Å²) in [6.45, 7) is 1.14. The summed E-state index contributed by atoms with van der Waals surface area (Å²) >= 11 is 0. The van der Waals surface area contributed by atoms with Gasteiger partial charge in [0.05, 0.1) is 12.8 Å². The van der Waals surface area contributed by atoms with E-state index < -0.39 is 0 Å². The Morgan fingerprint density at radius 1 is 1.24 bits per heavy atom. The number of nitrogens with zero attached hydrogens (tertiary/aromatic N) is 4. The number of aromatic nitrogens is 3. The topological polar surface area (TPSA) is 79.7 Å². The van der Waals surface area contributed by atoms with Gasteiger partial charge in [-0.1, -0.05) is 30.3 Å². The molecule has 0 aliphatic heterocycles. The van der Waals surface area contributed by atoms with Gasteiger partial charge in [-0.15, -0.1) is 0 Å². The fraction of sp³-hybridized carbons (Fsp3) is 0.200. The van der Waals surface area contributed by atoms with Crippen LogP contribution in [-0.2, 0) is 6.54 Å². The number of hydrogen-bond acceptors (Lipinski definition) is 5. The molecule has 108 valence electrons. The zero-order valence-corrected chi connectivity index (χ0v) is 11.6. The molecule has 6 nitrogen and oxygen atoms in total. The number of aliphatic hydroxyl groups is 1. The lowest BCUT2D eigenvalue weighted by atomic mass is 10.2. The summed E-state index contributed by atoms with van der Waals surface area (Å²) in [6, 6.07) is 10.0. The van der Waals surface area contributed by atoms with Crippen LogP contribution in [0.2, 0.25) is 0 Å². The molecule has 0 aliphatic rings. The molecule has 0 bridgehead atoms. The molecule has 2 heterocycles. The Labute approximate surface area is 122 Å². The number of anilines is 2. The van der Waals surface area contributed by atoms with Crippen LogP contribution in [0.1, 0.15) is 5.56 Å². The van der Waals surface area contributed by atoms with Gasteiger partial charge in [0.2, 0.25) is 0 Å². The zero-order valence-electron chi connectivity index (χ0n) is 11.6. The minimum Gasteiger partial charge on any atom is -0.395 e. The average molecular weight is 283 g/mol. The van der Waals surface area contributed by atoms with Crippen molar-refractivity contribution in [3.8, 4) is 0 Å². The Kier molecular flexibility index (Phi) is 3.70. The van der Waals surface area contributed by atoms with E-state index in [9.17, 15) is 5.11 Å². The first-order valence-corrected chi connectivity index (χ1v) is 6.77. The first-order chi connectivity index (χ1) is 10.3. The molecule has 0 aliphatic carbocycles. The van der Waals surface area contributed by atoms with Gasteiger partial charge in [-0.2, -0.15) is 0 Å². The van der Waals surface area contributed by atoms with E-state index in [-0.39, 0.29) is 6.61 Å². The lowest BCUT2D eigenvalue weighted by molar-refractivity contribution is 0.301. The van der Waals surface area contributed by atoms with E-state index in [2.05, 4.69) is 9.97 Å². The summed E-state index contributed by atoms with van der Waals surface area (Å²) in [6.07, 6.45) is 5.27. The highest BCUT2D eigenvalue weighted by Gasteiger charge is 2.14. The maximum absolute atomic E-state index is 9.34. The number of nitrogen functional groups attached to an aromatic ring is 1. The van der Waals surface area contributed by atoms with Crippen LogP contribution in [0, 0.1) is 0 Å². The molecule has 0 spiro atoms. The largest absolute Gasteiger partial charge is 0.395 e. The summed E-state index contributed by atoms with van der Waals surface area (Å²) < 4.78 is 1.84. The molecule has 0 fully saturated rings.